The number of rotatable bonds is 2. The number of hydrogen-bond acceptors (Lipinski definition) is 3. The van der Waals surface area contributed by atoms with Gasteiger partial charge in [0.05, 0.1) is 5.69 Å². The first-order chi connectivity index (χ1) is 9.63. The first-order valence-electron chi connectivity index (χ1n) is 5.88. The minimum absolute atomic E-state index is 0.0913. The second-order valence-electron chi connectivity index (χ2n) is 4.19. The fourth-order valence-corrected chi connectivity index (χ4v) is 1.88. The van der Waals surface area contributed by atoms with E-state index in [2.05, 4.69) is 10.1 Å². The highest BCUT2D eigenvalue weighted by atomic mass is 19.1. The van der Waals surface area contributed by atoms with E-state index in [1.54, 1.807) is 24.3 Å². The van der Waals surface area contributed by atoms with Gasteiger partial charge >= 0.3 is 0 Å². The van der Waals surface area contributed by atoms with Crippen LogP contribution in [0.1, 0.15) is 0 Å². The standard InChI is InChI=1S/C14H10F2N4/c15-10-3-1-9(2-4-10)13-18-14(17)19-20(13)12-7-5-11(16)6-8-12/h1-8H,(H2,17,19). The van der Waals surface area contributed by atoms with Crippen LogP contribution < -0.4 is 5.73 Å². The third-order valence-electron chi connectivity index (χ3n) is 2.80. The van der Waals surface area contributed by atoms with E-state index < -0.39 is 0 Å². The molecule has 0 saturated heterocycles. The van der Waals surface area contributed by atoms with Gasteiger partial charge in [-0.3, -0.25) is 0 Å². The summed E-state index contributed by atoms with van der Waals surface area (Å²) < 4.78 is 27.4. The van der Waals surface area contributed by atoms with E-state index in [9.17, 15) is 8.78 Å². The summed E-state index contributed by atoms with van der Waals surface area (Å²) in [4.78, 5) is 4.12. The number of halogens is 2. The Labute approximate surface area is 113 Å². The van der Waals surface area contributed by atoms with Gasteiger partial charge in [0.2, 0.25) is 5.95 Å². The van der Waals surface area contributed by atoms with Crippen LogP contribution in [0.25, 0.3) is 17.1 Å². The molecule has 0 aliphatic heterocycles. The molecule has 0 spiro atoms. The van der Waals surface area contributed by atoms with Gasteiger partial charge in [0, 0.05) is 5.56 Å². The molecule has 20 heavy (non-hydrogen) atoms. The second-order valence-corrected chi connectivity index (χ2v) is 4.19. The lowest BCUT2D eigenvalue weighted by molar-refractivity contribution is 0.626. The van der Waals surface area contributed by atoms with Crippen LogP contribution in [-0.2, 0) is 0 Å². The number of aromatic nitrogens is 3. The van der Waals surface area contributed by atoms with Crippen LogP contribution in [0, 0.1) is 11.6 Å². The van der Waals surface area contributed by atoms with Crippen LogP contribution in [-0.4, -0.2) is 14.8 Å². The average Bonchev–Trinajstić information content (AvgIpc) is 2.82. The fraction of sp³-hybridized carbons (Fsp3) is 0. The molecule has 0 atom stereocenters. The van der Waals surface area contributed by atoms with E-state index in [0.29, 0.717) is 17.1 Å². The van der Waals surface area contributed by atoms with Crippen LogP contribution in [0.2, 0.25) is 0 Å². The SMILES string of the molecule is Nc1nc(-c2ccc(F)cc2)n(-c2ccc(F)cc2)n1. The van der Waals surface area contributed by atoms with Crippen molar-refractivity contribution in [3.8, 4) is 17.1 Å². The molecule has 1 aromatic heterocycles. The summed E-state index contributed by atoms with van der Waals surface area (Å²) in [5.41, 5.74) is 6.91. The minimum Gasteiger partial charge on any atom is -0.366 e. The maximum atomic E-state index is 13.0. The van der Waals surface area contributed by atoms with Crippen LogP contribution in [0.4, 0.5) is 14.7 Å². The van der Waals surface area contributed by atoms with E-state index >= 15 is 0 Å². The molecule has 1 heterocycles. The first-order valence-corrected chi connectivity index (χ1v) is 5.88. The zero-order valence-electron chi connectivity index (χ0n) is 10.3. The van der Waals surface area contributed by atoms with Crippen LogP contribution >= 0.6 is 0 Å². The highest BCUT2D eigenvalue weighted by Gasteiger charge is 2.12. The molecule has 3 rings (SSSR count). The smallest absolute Gasteiger partial charge is 0.240 e. The molecule has 0 bridgehead atoms. The van der Waals surface area contributed by atoms with Gasteiger partial charge in [-0.2, -0.15) is 4.98 Å². The third-order valence-corrected chi connectivity index (χ3v) is 2.80. The van der Waals surface area contributed by atoms with Gasteiger partial charge in [0.1, 0.15) is 11.6 Å². The molecule has 0 aliphatic carbocycles. The summed E-state index contributed by atoms with van der Waals surface area (Å²) in [5, 5.41) is 4.08. The maximum Gasteiger partial charge on any atom is 0.240 e. The molecule has 6 heteroatoms. The lowest BCUT2D eigenvalue weighted by Crippen LogP contribution is -2.00. The molecule has 100 valence electrons. The molecule has 4 nitrogen and oxygen atoms in total. The van der Waals surface area contributed by atoms with E-state index in [-0.39, 0.29) is 17.6 Å². The van der Waals surface area contributed by atoms with Gasteiger partial charge in [-0.05, 0) is 48.5 Å². The Bertz CT molecular complexity index is 670. The number of anilines is 1. The van der Waals surface area contributed by atoms with Gasteiger partial charge in [0.25, 0.3) is 0 Å². The van der Waals surface area contributed by atoms with Crippen molar-refractivity contribution in [2.24, 2.45) is 0 Å². The van der Waals surface area contributed by atoms with E-state index in [4.69, 9.17) is 5.73 Å². The molecule has 0 radical (unpaired) electrons. The van der Waals surface area contributed by atoms with Crippen molar-refractivity contribution >= 4 is 5.95 Å². The van der Waals surface area contributed by atoms with Gasteiger partial charge in [-0.1, -0.05) is 0 Å². The molecule has 3 aromatic rings. The topological polar surface area (TPSA) is 56.7 Å². The molecule has 0 unspecified atom stereocenters. The molecular weight excluding hydrogens is 262 g/mol. The van der Waals surface area contributed by atoms with Gasteiger partial charge in [-0.25, -0.2) is 13.5 Å². The summed E-state index contributed by atoms with van der Waals surface area (Å²) in [6.07, 6.45) is 0. The quantitative estimate of drug-likeness (QED) is 0.780. The summed E-state index contributed by atoms with van der Waals surface area (Å²) in [6, 6.07) is 11.6. The third kappa shape index (κ3) is 2.23. The fourth-order valence-electron chi connectivity index (χ4n) is 1.88. The zero-order chi connectivity index (χ0) is 14.1. The van der Waals surface area contributed by atoms with Crippen molar-refractivity contribution in [1.82, 2.24) is 14.8 Å². The number of benzene rings is 2. The zero-order valence-corrected chi connectivity index (χ0v) is 10.3. The maximum absolute atomic E-state index is 13.0. The van der Waals surface area contributed by atoms with Crippen molar-refractivity contribution in [2.75, 3.05) is 5.73 Å². The Morgan fingerprint density at radius 1 is 0.850 bits per heavy atom. The van der Waals surface area contributed by atoms with E-state index in [1.807, 2.05) is 0 Å². The van der Waals surface area contributed by atoms with Crippen LogP contribution in [0.5, 0.6) is 0 Å². The van der Waals surface area contributed by atoms with Crippen LogP contribution in [0.15, 0.2) is 48.5 Å². The second kappa shape index (κ2) is 4.73. The normalized spacial score (nSPS) is 10.7. The van der Waals surface area contributed by atoms with Gasteiger partial charge in [-0.15, -0.1) is 5.10 Å². The van der Waals surface area contributed by atoms with Crippen LogP contribution in [0.3, 0.4) is 0 Å². The molecule has 2 aromatic carbocycles. The molecule has 0 aliphatic rings. The Kier molecular flexibility index (Phi) is 2.90. The van der Waals surface area contributed by atoms with Crippen molar-refractivity contribution in [2.45, 2.75) is 0 Å². The Balaban J connectivity index is 2.12. The predicted molar refractivity (Wildman–Crippen MR) is 71.1 cm³/mol. The first kappa shape index (κ1) is 12.3. The summed E-state index contributed by atoms with van der Waals surface area (Å²) in [7, 11) is 0. The highest BCUT2D eigenvalue weighted by Crippen LogP contribution is 2.22. The number of hydrogen-bond donors (Lipinski definition) is 1. The molecule has 0 fully saturated rings. The summed E-state index contributed by atoms with van der Waals surface area (Å²) >= 11 is 0. The lowest BCUT2D eigenvalue weighted by atomic mass is 10.2. The van der Waals surface area contributed by atoms with E-state index in [0.717, 1.165) is 0 Å². The monoisotopic (exact) mass is 272 g/mol. The van der Waals surface area contributed by atoms with E-state index in [1.165, 1.54) is 28.9 Å². The number of nitrogen functional groups attached to an aromatic ring is 1. The average molecular weight is 272 g/mol. The minimum atomic E-state index is -0.342. The Morgan fingerprint density at radius 2 is 1.40 bits per heavy atom. The molecular formula is C14H10F2N4. The predicted octanol–water partition coefficient (Wildman–Crippen LogP) is 2.79. The van der Waals surface area contributed by atoms with Crippen molar-refractivity contribution in [3.63, 3.8) is 0 Å². The summed E-state index contributed by atoms with van der Waals surface area (Å²) in [6.45, 7) is 0. The Hall–Kier alpha value is -2.76. The molecule has 2 N–H and O–H groups in total. The van der Waals surface area contributed by atoms with Gasteiger partial charge in [0.15, 0.2) is 5.82 Å². The summed E-state index contributed by atoms with van der Waals surface area (Å²) in [5.74, 6) is -0.123. The molecule has 0 amide bonds. The number of nitrogens with zero attached hydrogens (tertiary/aromatic N) is 3. The Morgan fingerprint density at radius 3 is 2.00 bits per heavy atom. The largest absolute Gasteiger partial charge is 0.366 e. The van der Waals surface area contributed by atoms with Crippen molar-refractivity contribution in [3.05, 3.63) is 60.2 Å². The van der Waals surface area contributed by atoms with Crippen molar-refractivity contribution < 1.29 is 8.78 Å². The lowest BCUT2D eigenvalue weighted by Gasteiger charge is -2.05. The van der Waals surface area contributed by atoms with Gasteiger partial charge < -0.3 is 5.73 Å². The highest BCUT2D eigenvalue weighted by molar-refractivity contribution is 5.59. The molecule has 0 saturated carbocycles. The van der Waals surface area contributed by atoms with Crippen molar-refractivity contribution in [1.29, 1.82) is 0 Å². The number of nitrogens with two attached hydrogens (primary N) is 1.